The molecule has 1 heterocycles. The Kier molecular flexibility index (Phi) is 2.89. The molecule has 1 aromatic rings. The van der Waals surface area contributed by atoms with Gasteiger partial charge in [0.1, 0.15) is 11.2 Å². The van der Waals surface area contributed by atoms with Gasteiger partial charge in [0, 0.05) is 11.4 Å². The maximum atomic E-state index is 11.4. The molecule has 1 aliphatic rings. The minimum Gasteiger partial charge on any atom is -0.480 e. The van der Waals surface area contributed by atoms with Gasteiger partial charge in [0.05, 0.1) is 0 Å². The topological polar surface area (TPSA) is 63.1 Å². The van der Waals surface area contributed by atoms with Gasteiger partial charge in [0.25, 0.3) is 0 Å². The van der Waals surface area contributed by atoms with Crippen molar-refractivity contribution in [3.63, 3.8) is 0 Å². The Morgan fingerprint density at radius 1 is 1.41 bits per heavy atom. The molecule has 0 aliphatic heterocycles. The molecule has 0 bridgehead atoms. The smallest absolute Gasteiger partial charge is 0.317 e. The summed E-state index contributed by atoms with van der Waals surface area (Å²) in [6.07, 6.45) is 2.26. The number of rotatable bonds is 3. The van der Waals surface area contributed by atoms with E-state index in [1.165, 1.54) is 0 Å². The zero-order valence-electron chi connectivity index (χ0n) is 10.5. The summed E-state index contributed by atoms with van der Waals surface area (Å²) in [6, 6.07) is 1.93. The van der Waals surface area contributed by atoms with Crippen molar-refractivity contribution in [3.8, 4) is 0 Å². The van der Waals surface area contributed by atoms with Crippen molar-refractivity contribution in [2.24, 2.45) is 0 Å². The number of aryl methyl sites for hydroxylation is 1. The number of hydrogen-bond donors (Lipinski definition) is 1. The highest BCUT2D eigenvalue weighted by Crippen LogP contribution is 2.42. The van der Waals surface area contributed by atoms with E-state index in [9.17, 15) is 9.90 Å². The second kappa shape index (κ2) is 4.09. The first-order valence-corrected chi connectivity index (χ1v) is 6.05. The number of nitrogens with zero attached hydrogens (tertiary/aromatic N) is 2. The van der Waals surface area contributed by atoms with Crippen molar-refractivity contribution in [2.75, 3.05) is 0 Å². The standard InChI is InChI=1S/C13H18N2O2/c1-8(2)10-7-9(3)14-11(15-10)13(12(16)17)5-4-6-13/h7-8H,4-6H2,1-3H3,(H,16,17). The SMILES string of the molecule is Cc1cc(C(C)C)nc(C2(C(=O)O)CCC2)n1. The maximum absolute atomic E-state index is 11.4. The van der Waals surface area contributed by atoms with Gasteiger partial charge in [-0.25, -0.2) is 9.97 Å². The quantitative estimate of drug-likeness (QED) is 0.872. The molecule has 0 radical (unpaired) electrons. The molecule has 1 aromatic heterocycles. The lowest BCUT2D eigenvalue weighted by molar-refractivity contribution is -0.147. The number of carbonyl (C=O) groups is 1. The van der Waals surface area contributed by atoms with Gasteiger partial charge < -0.3 is 5.11 Å². The van der Waals surface area contributed by atoms with Crippen molar-refractivity contribution in [1.29, 1.82) is 0 Å². The average molecular weight is 234 g/mol. The maximum Gasteiger partial charge on any atom is 0.317 e. The fraction of sp³-hybridized carbons (Fsp3) is 0.615. The van der Waals surface area contributed by atoms with Gasteiger partial charge in [-0.05, 0) is 31.7 Å². The van der Waals surface area contributed by atoms with Crippen molar-refractivity contribution in [3.05, 3.63) is 23.3 Å². The van der Waals surface area contributed by atoms with Crippen LogP contribution < -0.4 is 0 Å². The molecule has 2 rings (SSSR count). The predicted octanol–water partition coefficient (Wildman–Crippen LogP) is 2.41. The highest BCUT2D eigenvalue weighted by Gasteiger charge is 2.48. The third-order valence-corrected chi connectivity index (χ3v) is 3.51. The van der Waals surface area contributed by atoms with Gasteiger partial charge in [0.2, 0.25) is 0 Å². The normalized spacial score (nSPS) is 17.9. The molecule has 4 nitrogen and oxygen atoms in total. The third kappa shape index (κ3) is 1.92. The first-order valence-electron chi connectivity index (χ1n) is 6.05. The first kappa shape index (κ1) is 12.0. The molecule has 0 saturated heterocycles. The lowest BCUT2D eigenvalue weighted by atomic mass is 9.68. The number of carboxylic acids is 1. The second-order valence-electron chi connectivity index (χ2n) is 5.15. The summed E-state index contributed by atoms with van der Waals surface area (Å²) in [5, 5.41) is 9.38. The molecule has 0 unspecified atom stereocenters. The molecule has 0 spiro atoms. The molecule has 1 aliphatic carbocycles. The molecule has 0 aromatic carbocycles. The first-order chi connectivity index (χ1) is 7.95. The van der Waals surface area contributed by atoms with Crippen LogP contribution in [0.3, 0.4) is 0 Å². The second-order valence-corrected chi connectivity index (χ2v) is 5.15. The summed E-state index contributed by atoms with van der Waals surface area (Å²) in [4.78, 5) is 20.2. The van der Waals surface area contributed by atoms with E-state index in [2.05, 4.69) is 23.8 Å². The van der Waals surface area contributed by atoms with E-state index in [1.54, 1.807) is 0 Å². The van der Waals surface area contributed by atoms with Crippen LogP contribution in [0.5, 0.6) is 0 Å². The van der Waals surface area contributed by atoms with Gasteiger partial charge >= 0.3 is 5.97 Å². The molecular formula is C13H18N2O2. The van der Waals surface area contributed by atoms with Crippen LogP contribution in [0, 0.1) is 6.92 Å². The van der Waals surface area contributed by atoms with E-state index >= 15 is 0 Å². The van der Waals surface area contributed by atoms with Gasteiger partial charge in [-0.3, -0.25) is 4.79 Å². The summed E-state index contributed by atoms with van der Waals surface area (Å²) in [5.74, 6) is 0.00498. The Hall–Kier alpha value is -1.45. The fourth-order valence-corrected chi connectivity index (χ4v) is 2.17. The van der Waals surface area contributed by atoms with E-state index in [-0.39, 0.29) is 0 Å². The van der Waals surface area contributed by atoms with Gasteiger partial charge in [-0.15, -0.1) is 0 Å². The Morgan fingerprint density at radius 2 is 2.06 bits per heavy atom. The summed E-state index contributed by atoms with van der Waals surface area (Å²) in [7, 11) is 0. The van der Waals surface area contributed by atoms with Crippen LogP contribution in [0.15, 0.2) is 6.07 Å². The number of aromatic nitrogens is 2. The highest BCUT2D eigenvalue weighted by atomic mass is 16.4. The van der Waals surface area contributed by atoms with Gasteiger partial charge in [-0.2, -0.15) is 0 Å². The molecule has 0 amide bonds. The summed E-state index contributed by atoms with van der Waals surface area (Å²) in [6.45, 7) is 6.00. The van der Waals surface area contributed by atoms with Crippen LogP contribution in [0.1, 0.15) is 56.2 Å². The highest BCUT2D eigenvalue weighted by molar-refractivity contribution is 5.81. The monoisotopic (exact) mass is 234 g/mol. The minimum absolute atomic E-state index is 0.293. The lowest BCUT2D eigenvalue weighted by Gasteiger charge is -2.36. The van der Waals surface area contributed by atoms with Crippen LogP contribution in [-0.2, 0) is 10.2 Å². The Bertz CT molecular complexity index is 451. The Morgan fingerprint density at radius 3 is 2.47 bits per heavy atom. The van der Waals surface area contributed by atoms with Crippen LogP contribution in [0.4, 0.5) is 0 Å². The summed E-state index contributed by atoms with van der Waals surface area (Å²) < 4.78 is 0. The molecule has 4 heteroatoms. The zero-order chi connectivity index (χ0) is 12.6. The molecule has 17 heavy (non-hydrogen) atoms. The zero-order valence-corrected chi connectivity index (χ0v) is 10.5. The van der Waals surface area contributed by atoms with E-state index < -0.39 is 11.4 Å². The lowest BCUT2D eigenvalue weighted by Crippen LogP contribution is -2.44. The molecule has 1 N–H and O–H groups in total. The Labute approximate surface area is 101 Å². The molecule has 92 valence electrons. The molecule has 0 atom stereocenters. The van der Waals surface area contributed by atoms with Crippen molar-refractivity contribution in [1.82, 2.24) is 9.97 Å². The fourth-order valence-electron chi connectivity index (χ4n) is 2.17. The van der Waals surface area contributed by atoms with Crippen LogP contribution in [0.2, 0.25) is 0 Å². The number of hydrogen-bond acceptors (Lipinski definition) is 3. The van der Waals surface area contributed by atoms with Crippen LogP contribution in [-0.4, -0.2) is 21.0 Å². The van der Waals surface area contributed by atoms with Crippen molar-refractivity contribution in [2.45, 2.75) is 51.4 Å². The molecular weight excluding hydrogens is 216 g/mol. The summed E-state index contributed by atoms with van der Waals surface area (Å²) >= 11 is 0. The largest absolute Gasteiger partial charge is 0.480 e. The van der Waals surface area contributed by atoms with Gasteiger partial charge in [-0.1, -0.05) is 20.3 Å². The number of aliphatic carboxylic acids is 1. The minimum atomic E-state index is -0.824. The Balaban J connectivity index is 2.48. The van der Waals surface area contributed by atoms with Crippen molar-refractivity contribution >= 4 is 5.97 Å². The van der Waals surface area contributed by atoms with Crippen LogP contribution in [0.25, 0.3) is 0 Å². The average Bonchev–Trinajstić information content (AvgIpc) is 2.13. The molecule has 1 fully saturated rings. The van der Waals surface area contributed by atoms with Gasteiger partial charge in [0.15, 0.2) is 0 Å². The van der Waals surface area contributed by atoms with E-state index in [4.69, 9.17) is 0 Å². The number of carboxylic acid groups (broad SMARTS) is 1. The third-order valence-electron chi connectivity index (χ3n) is 3.51. The van der Waals surface area contributed by atoms with E-state index in [0.717, 1.165) is 17.8 Å². The van der Waals surface area contributed by atoms with Crippen LogP contribution >= 0.6 is 0 Å². The van der Waals surface area contributed by atoms with E-state index in [0.29, 0.717) is 24.6 Å². The summed E-state index contributed by atoms with van der Waals surface area (Å²) in [5.41, 5.74) is 0.960. The molecule has 1 saturated carbocycles. The van der Waals surface area contributed by atoms with E-state index in [1.807, 2.05) is 13.0 Å². The van der Waals surface area contributed by atoms with Crippen molar-refractivity contribution < 1.29 is 9.90 Å². The predicted molar refractivity (Wildman–Crippen MR) is 64.0 cm³/mol.